The predicted octanol–water partition coefficient (Wildman–Crippen LogP) is 3.09. The van der Waals surface area contributed by atoms with Crippen LogP contribution in [0.5, 0.6) is 5.75 Å². The minimum Gasteiger partial charge on any atom is -0.497 e. The van der Waals surface area contributed by atoms with Gasteiger partial charge in [0.1, 0.15) is 11.8 Å². The van der Waals surface area contributed by atoms with Crippen molar-refractivity contribution in [2.45, 2.75) is 42.7 Å². The van der Waals surface area contributed by atoms with Crippen molar-refractivity contribution in [3.8, 4) is 5.75 Å². The highest BCUT2D eigenvalue weighted by Gasteiger charge is 2.41. The van der Waals surface area contributed by atoms with E-state index in [1.54, 1.807) is 17.6 Å². The number of hydrogen-bond acceptors (Lipinski definition) is 7. The molecule has 35 heavy (non-hydrogen) atoms. The predicted molar refractivity (Wildman–Crippen MR) is 132 cm³/mol. The first-order valence-electron chi connectivity index (χ1n) is 11.2. The summed E-state index contributed by atoms with van der Waals surface area (Å²) in [5.41, 5.74) is 4.55. The number of nitrogens with one attached hydrogen (secondary N) is 1. The van der Waals surface area contributed by atoms with Gasteiger partial charge < -0.3 is 9.84 Å². The van der Waals surface area contributed by atoms with Crippen LogP contribution in [0.4, 0.5) is 0 Å². The summed E-state index contributed by atoms with van der Waals surface area (Å²) >= 11 is 1.48. The smallest absolute Gasteiger partial charge is 0.262 e. The molecule has 0 aliphatic carbocycles. The summed E-state index contributed by atoms with van der Waals surface area (Å²) in [7, 11) is -2.56. The topological polar surface area (TPSA) is 116 Å². The summed E-state index contributed by atoms with van der Waals surface area (Å²) in [5, 5.41) is 20.8. The number of hydrogen-bond donors (Lipinski definition) is 3. The average Bonchev–Trinajstić information content (AvgIpc) is 3.29. The minimum atomic E-state index is -4.06. The maximum Gasteiger partial charge on any atom is 0.262 e. The van der Waals surface area contributed by atoms with Crippen molar-refractivity contribution >= 4 is 27.3 Å². The SMILES string of the molecule is COc1ccc(S(=O)(=O)N2CC(CCc3cccc(CO)c3)c3ccsc3CC2C(=O)NO)cc1. The number of thiophene rings is 1. The number of carbonyl (C=O) groups is 1. The molecular weight excluding hydrogens is 488 g/mol. The number of hydroxylamine groups is 1. The van der Waals surface area contributed by atoms with Crippen LogP contribution in [0, 0.1) is 0 Å². The number of amides is 1. The molecule has 1 amide bonds. The lowest BCUT2D eigenvalue weighted by Gasteiger charge is -2.29. The maximum atomic E-state index is 13.7. The van der Waals surface area contributed by atoms with Crippen molar-refractivity contribution in [3.63, 3.8) is 0 Å². The van der Waals surface area contributed by atoms with Crippen LogP contribution in [0.3, 0.4) is 0 Å². The first kappa shape index (κ1) is 25.3. The van der Waals surface area contributed by atoms with E-state index < -0.39 is 22.0 Å². The van der Waals surface area contributed by atoms with Gasteiger partial charge in [-0.1, -0.05) is 24.3 Å². The van der Waals surface area contributed by atoms with E-state index in [-0.39, 0.29) is 30.4 Å². The van der Waals surface area contributed by atoms with Gasteiger partial charge >= 0.3 is 0 Å². The molecule has 3 aromatic rings. The van der Waals surface area contributed by atoms with E-state index in [1.807, 2.05) is 35.7 Å². The van der Waals surface area contributed by atoms with Crippen LogP contribution in [-0.2, 0) is 34.3 Å². The van der Waals surface area contributed by atoms with Crippen molar-refractivity contribution in [1.82, 2.24) is 9.79 Å². The first-order valence-corrected chi connectivity index (χ1v) is 13.5. The third kappa shape index (κ3) is 5.41. The van der Waals surface area contributed by atoms with E-state index in [2.05, 4.69) is 0 Å². The third-order valence-electron chi connectivity index (χ3n) is 6.38. The van der Waals surface area contributed by atoms with Gasteiger partial charge in [-0.15, -0.1) is 11.3 Å². The minimum absolute atomic E-state index is 0.0439. The summed E-state index contributed by atoms with van der Waals surface area (Å²) in [5.74, 6) is -0.397. The number of rotatable bonds is 8. The second-order valence-electron chi connectivity index (χ2n) is 8.46. The van der Waals surface area contributed by atoms with Gasteiger partial charge in [-0.3, -0.25) is 10.0 Å². The summed E-state index contributed by atoms with van der Waals surface area (Å²) in [6.07, 6.45) is 1.51. The fraction of sp³-hybridized carbons (Fsp3) is 0.320. The van der Waals surface area contributed by atoms with Crippen molar-refractivity contribution in [2.24, 2.45) is 0 Å². The number of aryl methyl sites for hydroxylation is 1. The molecule has 186 valence electrons. The molecule has 0 radical (unpaired) electrons. The van der Waals surface area contributed by atoms with Gasteiger partial charge in [-0.05, 0) is 71.2 Å². The number of nitrogens with zero attached hydrogens (tertiary/aromatic N) is 1. The highest BCUT2D eigenvalue weighted by atomic mass is 32.2. The molecule has 2 aromatic carbocycles. The van der Waals surface area contributed by atoms with E-state index in [1.165, 1.54) is 34.9 Å². The van der Waals surface area contributed by atoms with Crippen molar-refractivity contribution in [2.75, 3.05) is 13.7 Å². The summed E-state index contributed by atoms with van der Waals surface area (Å²) in [6.45, 7) is 0.0493. The van der Waals surface area contributed by atoms with Gasteiger partial charge in [0, 0.05) is 17.8 Å². The molecule has 1 aromatic heterocycles. The van der Waals surface area contributed by atoms with E-state index in [4.69, 9.17) is 4.74 Å². The molecule has 2 atom stereocenters. The second kappa shape index (κ2) is 10.9. The Labute approximate surface area is 208 Å². The van der Waals surface area contributed by atoms with E-state index in [9.17, 15) is 23.5 Å². The average molecular weight is 517 g/mol. The lowest BCUT2D eigenvalue weighted by atomic mass is 9.92. The zero-order valence-electron chi connectivity index (χ0n) is 19.3. The summed E-state index contributed by atoms with van der Waals surface area (Å²) in [4.78, 5) is 13.7. The molecule has 0 fully saturated rings. The number of aliphatic hydroxyl groups excluding tert-OH is 1. The normalized spacial score (nSPS) is 18.5. The number of sulfonamides is 1. The van der Waals surface area contributed by atoms with E-state index in [0.29, 0.717) is 18.6 Å². The number of benzene rings is 2. The van der Waals surface area contributed by atoms with Crippen LogP contribution >= 0.6 is 11.3 Å². The monoisotopic (exact) mass is 516 g/mol. The summed E-state index contributed by atoms with van der Waals surface area (Å²) in [6, 6.07) is 14.6. The molecule has 0 bridgehead atoms. The number of carbonyl (C=O) groups excluding carboxylic acids is 1. The van der Waals surface area contributed by atoms with Crippen LogP contribution in [0.2, 0.25) is 0 Å². The van der Waals surface area contributed by atoms with Gasteiger partial charge in [-0.25, -0.2) is 13.9 Å². The first-order chi connectivity index (χ1) is 16.9. The Balaban J connectivity index is 1.69. The quantitative estimate of drug-likeness (QED) is 0.313. The van der Waals surface area contributed by atoms with E-state index >= 15 is 0 Å². The van der Waals surface area contributed by atoms with Crippen LogP contribution < -0.4 is 10.2 Å². The Bertz CT molecular complexity index is 1270. The number of fused-ring (bicyclic) bond motifs is 1. The number of ether oxygens (including phenoxy) is 1. The molecule has 0 spiro atoms. The van der Waals surface area contributed by atoms with Crippen molar-refractivity contribution < 1.29 is 28.3 Å². The molecule has 3 N–H and O–H groups in total. The molecule has 8 nitrogen and oxygen atoms in total. The molecule has 0 saturated carbocycles. The lowest BCUT2D eigenvalue weighted by molar-refractivity contribution is -0.133. The standard InChI is InChI=1S/C25H28N2O6S2/c1-33-20-7-9-21(10-8-20)35(31,32)27-15-19(6-5-17-3-2-4-18(13-17)16-28)22-11-12-34-24(22)14-23(27)25(29)26-30/h2-4,7-13,19,23,28,30H,5-6,14-16H2,1H3,(H,26,29). The van der Waals surface area contributed by atoms with Crippen LogP contribution in [0.15, 0.2) is 64.9 Å². The molecule has 4 rings (SSSR count). The van der Waals surface area contributed by atoms with Gasteiger partial charge in [0.25, 0.3) is 5.91 Å². The Morgan fingerprint density at radius 3 is 2.60 bits per heavy atom. The zero-order chi connectivity index (χ0) is 25.0. The van der Waals surface area contributed by atoms with Crippen LogP contribution in [0.25, 0.3) is 0 Å². The largest absolute Gasteiger partial charge is 0.497 e. The molecule has 0 saturated heterocycles. The molecule has 2 heterocycles. The van der Waals surface area contributed by atoms with Crippen LogP contribution in [-0.4, -0.2) is 48.6 Å². The van der Waals surface area contributed by atoms with Crippen molar-refractivity contribution in [1.29, 1.82) is 0 Å². The second-order valence-corrected chi connectivity index (χ2v) is 11.4. The molecule has 1 aliphatic heterocycles. The fourth-order valence-electron chi connectivity index (χ4n) is 4.52. The number of aliphatic hydroxyl groups is 1. The highest BCUT2D eigenvalue weighted by Crippen LogP contribution is 2.37. The molecule has 2 unspecified atom stereocenters. The molecule has 1 aliphatic rings. The van der Waals surface area contributed by atoms with Crippen molar-refractivity contribution in [3.05, 3.63) is 81.5 Å². The Morgan fingerprint density at radius 2 is 1.91 bits per heavy atom. The maximum absolute atomic E-state index is 13.7. The Kier molecular flexibility index (Phi) is 7.88. The third-order valence-corrected chi connectivity index (χ3v) is 9.23. The Morgan fingerprint density at radius 1 is 1.17 bits per heavy atom. The lowest BCUT2D eigenvalue weighted by Crippen LogP contribution is -2.50. The summed E-state index contributed by atoms with van der Waals surface area (Å²) < 4.78 is 33.8. The van der Waals surface area contributed by atoms with E-state index in [0.717, 1.165) is 21.6 Å². The van der Waals surface area contributed by atoms with Gasteiger partial charge in [-0.2, -0.15) is 4.31 Å². The Hall–Kier alpha value is -2.76. The highest BCUT2D eigenvalue weighted by molar-refractivity contribution is 7.89. The van der Waals surface area contributed by atoms with Gasteiger partial charge in [0.15, 0.2) is 0 Å². The number of methoxy groups -OCH3 is 1. The molecular formula is C25H28N2O6S2. The van der Waals surface area contributed by atoms with Crippen LogP contribution in [0.1, 0.15) is 33.9 Å². The fourth-order valence-corrected chi connectivity index (χ4v) is 7.15. The molecule has 10 heteroatoms. The zero-order valence-corrected chi connectivity index (χ0v) is 20.9. The van der Waals surface area contributed by atoms with Gasteiger partial charge in [0.2, 0.25) is 10.0 Å². The van der Waals surface area contributed by atoms with Gasteiger partial charge in [0.05, 0.1) is 18.6 Å².